The minimum atomic E-state index is -1.26. The zero-order valence-electron chi connectivity index (χ0n) is 11.8. The number of benzene rings is 1. The summed E-state index contributed by atoms with van der Waals surface area (Å²) in [7, 11) is 1.28. The highest BCUT2D eigenvalue weighted by Crippen LogP contribution is 2.22. The van der Waals surface area contributed by atoms with Crippen molar-refractivity contribution >= 4 is 23.6 Å². The number of rotatable bonds is 3. The molecule has 0 bridgehead atoms. The number of carbonyl (C=O) groups excluding carboxylic acids is 3. The number of methoxy groups -OCH3 is 1. The third-order valence-electron chi connectivity index (χ3n) is 2.78. The molecule has 0 atom stereocenters. The lowest BCUT2D eigenvalue weighted by Crippen LogP contribution is -2.52. The van der Waals surface area contributed by atoms with E-state index >= 15 is 0 Å². The second-order valence-corrected chi connectivity index (χ2v) is 4.89. The lowest BCUT2D eigenvalue weighted by Gasteiger charge is -2.33. The van der Waals surface area contributed by atoms with E-state index in [1.807, 2.05) is 0 Å². The Labute approximate surface area is 121 Å². The van der Waals surface area contributed by atoms with Crippen molar-refractivity contribution in [2.24, 2.45) is 0 Å². The normalized spacial score (nSPS) is 17.7. The quantitative estimate of drug-likeness (QED) is 0.659. The second-order valence-electron chi connectivity index (χ2n) is 4.89. The average molecular weight is 293 g/mol. The molecule has 1 aliphatic rings. The van der Waals surface area contributed by atoms with Crippen molar-refractivity contribution in [1.29, 1.82) is 0 Å². The molecule has 1 N–H and O–H groups in total. The van der Waals surface area contributed by atoms with E-state index in [1.54, 1.807) is 12.1 Å². The van der Waals surface area contributed by atoms with Gasteiger partial charge in [-0.3, -0.25) is 0 Å². The predicted octanol–water partition coefficient (Wildman–Crippen LogP) is 1.09. The lowest BCUT2D eigenvalue weighted by molar-refractivity contribution is -0.232. The number of carbonyl (C=O) groups is 3. The standard InChI is InChI=1S/C14H15NO6/c1-14(2)20-12(17)10(13(18)21-14)15-9-6-4-8(5-7-9)11(16)19-3/h4-7,10,15H,1-3H3. The van der Waals surface area contributed by atoms with Crippen LogP contribution in [0.2, 0.25) is 0 Å². The third-order valence-corrected chi connectivity index (χ3v) is 2.78. The highest BCUT2D eigenvalue weighted by Gasteiger charge is 2.43. The van der Waals surface area contributed by atoms with Crippen LogP contribution in [0.15, 0.2) is 24.3 Å². The van der Waals surface area contributed by atoms with Crippen LogP contribution in [0, 0.1) is 0 Å². The summed E-state index contributed by atoms with van der Waals surface area (Å²) in [5.74, 6) is -3.16. The van der Waals surface area contributed by atoms with Gasteiger partial charge in [0.25, 0.3) is 5.79 Å². The highest BCUT2D eigenvalue weighted by atomic mass is 16.7. The van der Waals surface area contributed by atoms with Crippen LogP contribution in [-0.4, -0.2) is 36.8 Å². The van der Waals surface area contributed by atoms with Gasteiger partial charge in [0.1, 0.15) is 0 Å². The largest absolute Gasteiger partial charge is 0.465 e. The summed E-state index contributed by atoms with van der Waals surface area (Å²) in [6.45, 7) is 2.95. The van der Waals surface area contributed by atoms with Crippen molar-refractivity contribution in [1.82, 2.24) is 0 Å². The number of anilines is 1. The highest BCUT2D eigenvalue weighted by molar-refractivity contribution is 6.03. The number of cyclic esters (lactones) is 2. The Morgan fingerprint density at radius 2 is 1.67 bits per heavy atom. The number of esters is 3. The molecule has 1 fully saturated rings. The number of hydrogen-bond acceptors (Lipinski definition) is 7. The minimum absolute atomic E-state index is 0.359. The van der Waals surface area contributed by atoms with E-state index in [-0.39, 0.29) is 0 Å². The van der Waals surface area contributed by atoms with Crippen molar-refractivity contribution in [3.8, 4) is 0 Å². The fourth-order valence-corrected chi connectivity index (χ4v) is 1.82. The maximum absolute atomic E-state index is 11.8. The van der Waals surface area contributed by atoms with Crippen molar-refractivity contribution in [2.45, 2.75) is 25.7 Å². The maximum atomic E-state index is 11.8. The third kappa shape index (κ3) is 3.31. The molecule has 1 aromatic carbocycles. The second kappa shape index (κ2) is 5.43. The first-order valence-electron chi connectivity index (χ1n) is 6.23. The van der Waals surface area contributed by atoms with Gasteiger partial charge in [-0.1, -0.05) is 0 Å². The lowest BCUT2D eigenvalue weighted by atomic mass is 10.2. The number of ether oxygens (including phenoxy) is 3. The van der Waals surface area contributed by atoms with Gasteiger partial charge in [0, 0.05) is 19.5 Å². The fraction of sp³-hybridized carbons (Fsp3) is 0.357. The molecule has 1 aliphatic heterocycles. The van der Waals surface area contributed by atoms with Crippen LogP contribution >= 0.6 is 0 Å². The smallest absolute Gasteiger partial charge is 0.343 e. The molecular formula is C14H15NO6. The van der Waals surface area contributed by atoms with Gasteiger partial charge in [0.15, 0.2) is 0 Å². The Hall–Kier alpha value is -2.57. The molecule has 0 unspecified atom stereocenters. The average Bonchev–Trinajstić information content (AvgIpc) is 2.41. The van der Waals surface area contributed by atoms with Gasteiger partial charge < -0.3 is 19.5 Å². The van der Waals surface area contributed by atoms with Gasteiger partial charge in [-0.25, -0.2) is 14.4 Å². The Bertz CT molecular complexity index is 558. The van der Waals surface area contributed by atoms with Crippen molar-refractivity contribution in [3.05, 3.63) is 29.8 Å². The van der Waals surface area contributed by atoms with E-state index in [4.69, 9.17) is 9.47 Å². The summed E-state index contributed by atoms with van der Waals surface area (Å²) < 4.78 is 14.6. The molecule has 21 heavy (non-hydrogen) atoms. The Morgan fingerprint density at radius 1 is 1.14 bits per heavy atom. The Balaban J connectivity index is 2.09. The van der Waals surface area contributed by atoms with Crippen LogP contribution in [0.5, 0.6) is 0 Å². The van der Waals surface area contributed by atoms with Gasteiger partial charge in [-0.2, -0.15) is 0 Å². The Morgan fingerprint density at radius 3 is 2.14 bits per heavy atom. The van der Waals surface area contributed by atoms with Crippen molar-refractivity contribution < 1.29 is 28.6 Å². The summed E-state index contributed by atoms with van der Waals surface area (Å²) in [5.41, 5.74) is 0.833. The summed E-state index contributed by atoms with van der Waals surface area (Å²) in [5, 5.41) is 2.70. The summed E-state index contributed by atoms with van der Waals surface area (Å²) in [4.78, 5) is 34.9. The molecule has 7 heteroatoms. The van der Waals surface area contributed by atoms with E-state index in [9.17, 15) is 14.4 Å². The molecule has 0 aromatic heterocycles. The van der Waals surface area contributed by atoms with E-state index in [1.165, 1.54) is 33.1 Å². The summed E-state index contributed by atoms with van der Waals surface area (Å²) in [6, 6.07) is 4.89. The van der Waals surface area contributed by atoms with Crippen LogP contribution in [-0.2, 0) is 23.8 Å². The topological polar surface area (TPSA) is 90.9 Å². The fourth-order valence-electron chi connectivity index (χ4n) is 1.82. The molecular weight excluding hydrogens is 278 g/mol. The van der Waals surface area contributed by atoms with Crippen LogP contribution in [0.3, 0.4) is 0 Å². The molecule has 7 nitrogen and oxygen atoms in total. The van der Waals surface area contributed by atoms with E-state index < -0.39 is 29.7 Å². The van der Waals surface area contributed by atoms with Gasteiger partial charge in [-0.15, -0.1) is 0 Å². The van der Waals surface area contributed by atoms with Crippen molar-refractivity contribution in [2.75, 3.05) is 12.4 Å². The van der Waals surface area contributed by atoms with Gasteiger partial charge >= 0.3 is 17.9 Å². The van der Waals surface area contributed by atoms with Gasteiger partial charge in [0.05, 0.1) is 12.7 Å². The van der Waals surface area contributed by atoms with E-state index in [2.05, 4.69) is 10.1 Å². The minimum Gasteiger partial charge on any atom is -0.465 e. The molecule has 0 radical (unpaired) electrons. The van der Waals surface area contributed by atoms with Crippen LogP contribution in [0.4, 0.5) is 5.69 Å². The molecule has 0 amide bonds. The molecule has 0 aliphatic carbocycles. The zero-order chi connectivity index (χ0) is 15.6. The zero-order valence-corrected chi connectivity index (χ0v) is 11.8. The predicted molar refractivity (Wildman–Crippen MR) is 71.5 cm³/mol. The molecule has 2 rings (SSSR count). The Kier molecular flexibility index (Phi) is 3.84. The molecule has 0 saturated carbocycles. The SMILES string of the molecule is COC(=O)c1ccc(NC2C(=O)OC(C)(C)OC2=O)cc1. The number of hydrogen-bond donors (Lipinski definition) is 1. The van der Waals surface area contributed by atoms with Gasteiger partial charge in [-0.05, 0) is 24.3 Å². The summed E-state index contributed by atoms with van der Waals surface area (Å²) >= 11 is 0. The van der Waals surface area contributed by atoms with Gasteiger partial charge in [0.2, 0.25) is 6.04 Å². The first kappa shape index (κ1) is 14.8. The summed E-state index contributed by atoms with van der Waals surface area (Å²) in [6.07, 6.45) is 0. The first-order valence-corrected chi connectivity index (χ1v) is 6.23. The molecule has 1 saturated heterocycles. The molecule has 1 aromatic rings. The number of nitrogens with one attached hydrogen (secondary N) is 1. The molecule has 1 heterocycles. The maximum Gasteiger partial charge on any atom is 0.343 e. The van der Waals surface area contributed by atoms with Crippen LogP contribution in [0.25, 0.3) is 0 Å². The van der Waals surface area contributed by atoms with Crippen molar-refractivity contribution in [3.63, 3.8) is 0 Å². The van der Waals surface area contributed by atoms with Crippen LogP contribution < -0.4 is 5.32 Å². The van der Waals surface area contributed by atoms with E-state index in [0.29, 0.717) is 11.3 Å². The first-order chi connectivity index (χ1) is 9.82. The van der Waals surface area contributed by atoms with Crippen LogP contribution in [0.1, 0.15) is 24.2 Å². The monoisotopic (exact) mass is 293 g/mol. The molecule has 112 valence electrons. The van der Waals surface area contributed by atoms with E-state index in [0.717, 1.165) is 0 Å². The molecule has 0 spiro atoms.